The highest BCUT2D eigenvalue weighted by Gasteiger charge is 2.12. The van der Waals surface area contributed by atoms with Crippen LogP contribution >= 0.6 is 11.8 Å². The van der Waals surface area contributed by atoms with E-state index in [2.05, 4.69) is 4.98 Å². The SMILES string of the molecule is O=C(O)c1cccnc1SCc1cc(=O)c(O)co1. The first-order valence-electron chi connectivity index (χ1n) is 5.19. The normalized spacial score (nSPS) is 10.3. The minimum atomic E-state index is -1.07. The van der Waals surface area contributed by atoms with Gasteiger partial charge in [-0.3, -0.25) is 4.79 Å². The number of pyridine rings is 1. The molecule has 0 spiro atoms. The highest BCUT2D eigenvalue weighted by Crippen LogP contribution is 2.24. The van der Waals surface area contributed by atoms with Gasteiger partial charge in [0.05, 0.1) is 11.3 Å². The van der Waals surface area contributed by atoms with Gasteiger partial charge in [0.25, 0.3) is 0 Å². The Morgan fingerprint density at radius 2 is 2.26 bits per heavy atom. The van der Waals surface area contributed by atoms with Crippen LogP contribution < -0.4 is 5.43 Å². The van der Waals surface area contributed by atoms with E-state index in [4.69, 9.17) is 14.6 Å². The monoisotopic (exact) mass is 279 g/mol. The van der Waals surface area contributed by atoms with Gasteiger partial charge in [-0.25, -0.2) is 9.78 Å². The number of hydrogen-bond acceptors (Lipinski definition) is 6. The summed E-state index contributed by atoms with van der Waals surface area (Å²) in [4.78, 5) is 26.1. The molecule has 2 heterocycles. The molecule has 19 heavy (non-hydrogen) atoms. The van der Waals surface area contributed by atoms with Crippen molar-refractivity contribution < 1.29 is 19.4 Å². The molecule has 0 atom stereocenters. The van der Waals surface area contributed by atoms with Crippen LogP contribution in [0.25, 0.3) is 0 Å². The van der Waals surface area contributed by atoms with E-state index in [0.29, 0.717) is 10.8 Å². The Labute approximate surface area is 111 Å². The molecule has 0 aliphatic heterocycles. The summed E-state index contributed by atoms with van der Waals surface area (Å²) in [6.45, 7) is 0. The largest absolute Gasteiger partial charge is 0.502 e. The molecule has 0 aliphatic rings. The van der Waals surface area contributed by atoms with Crippen molar-refractivity contribution in [3.8, 4) is 5.75 Å². The van der Waals surface area contributed by atoms with Crippen LogP contribution in [0.3, 0.4) is 0 Å². The van der Waals surface area contributed by atoms with Crippen LogP contribution in [0.5, 0.6) is 5.75 Å². The molecule has 2 N–H and O–H groups in total. The molecular formula is C12H9NO5S. The molecule has 7 heteroatoms. The fourth-order valence-electron chi connectivity index (χ4n) is 1.33. The molecule has 0 radical (unpaired) electrons. The number of nitrogens with zero attached hydrogens (tertiary/aromatic N) is 1. The molecule has 0 aromatic carbocycles. The summed E-state index contributed by atoms with van der Waals surface area (Å²) >= 11 is 1.14. The third kappa shape index (κ3) is 3.14. The lowest BCUT2D eigenvalue weighted by Gasteiger charge is -2.03. The first-order chi connectivity index (χ1) is 9.08. The van der Waals surface area contributed by atoms with Crippen LogP contribution in [0.2, 0.25) is 0 Å². The van der Waals surface area contributed by atoms with E-state index in [9.17, 15) is 9.59 Å². The maximum Gasteiger partial charge on any atom is 0.338 e. The molecule has 0 saturated carbocycles. The molecule has 0 unspecified atom stereocenters. The number of aromatic carboxylic acids is 1. The Morgan fingerprint density at radius 1 is 1.47 bits per heavy atom. The van der Waals surface area contributed by atoms with Gasteiger partial charge in [-0.05, 0) is 12.1 Å². The van der Waals surface area contributed by atoms with Gasteiger partial charge in [0.2, 0.25) is 5.43 Å². The van der Waals surface area contributed by atoms with Crippen molar-refractivity contribution in [2.75, 3.05) is 0 Å². The predicted molar refractivity (Wildman–Crippen MR) is 67.4 cm³/mol. The number of hydrogen-bond donors (Lipinski definition) is 2. The van der Waals surface area contributed by atoms with Crippen molar-refractivity contribution in [1.82, 2.24) is 4.98 Å². The Hall–Kier alpha value is -2.28. The van der Waals surface area contributed by atoms with Crippen molar-refractivity contribution in [2.45, 2.75) is 10.8 Å². The summed E-state index contributed by atoms with van der Waals surface area (Å²) < 4.78 is 5.01. The minimum absolute atomic E-state index is 0.0913. The van der Waals surface area contributed by atoms with Gasteiger partial charge < -0.3 is 14.6 Å². The predicted octanol–water partition coefficient (Wildman–Crippen LogP) is 1.73. The second-order valence-electron chi connectivity index (χ2n) is 3.55. The summed E-state index contributed by atoms with van der Waals surface area (Å²) in [5.74, 6) is -0.956. The average Bonchev–Trinajstić information content (AvgIpc) is 2.40. The van der Waals surface area contributed by atoms with E-state index >= 15 is 0 Å². The van der Waals surface area contributed by atoms with Gasteiger partial charge in [0, 0.05) is 12.3 Å². The summed E-state index contributed by atoms with van der Waals surface area (Å²) in [7, 11) is 0. The fourth-order valence-corrected chi connectivity index (χ4v) is 2.20. The van der Waals surface area contributed by atoms with Crippen LogP contribution in [0.4, 0.5) is 0 Å². The molecule has 6 nitrogen and oxygen atoms in total. The van der Waals surface area contributed by atoms with Gasteiger partial charge in [0.1, 0.15) is 17.0 Å². The third-order valence-electron chi connectivity index (χ3n) is 2.22. The standard InChI is InChI=1S/C12H9NO5S/c14-9-4-7(18-5-10(9)15)6-19-11-8(12(16)17)2-1-3-13-11/h1-5,15H,6H2,(H,16,17). The lowest BCUT2D eigenvalue weighted by Crippen LogP contribution is -2.01. The van der Waals surface area contributed by atoms with Crippen molar-refractivity contribution in [3.63, 3.8) is 0 Å². The van der Waals surface area contributed by atoms with Gasteiger partial charge >= 0.3 is 5.97 Å². The lowest BCUT2D eigenvalue weighted by atomic mass is 10.3. The van der Waals surface area contributed by atoms with E-state index in [1.807, 2.05) is 0 Å². The number of carboxylic acid groups (broad SMARTS) is 1. The van der Waals surface area contributed by atoms with Crippen molar-refractivity contribution in [2.24, 2.45) is 0 Å². The molecule has 0 bridgehead atoms. The Morgan fingerprint density at radius 3 is 2.95 bits per heavy atom. The number of aromatic nitrogens is 1. The van der Waals surface area contributed by atoms with Crippen LogP contribution in [0.15, 0.2) is 44.9 Å². The highest BCUT2D eigenvalue weighted by atomic mass is 32.2. The summed E-state index contributed by atoms with van der Waals surface area (Å²) in [6, 6.07) is 4.14. The maximum atomic E-state index is 11.2. The molecule has 2 aromatic rings. The van der Waals surface area contributed by atoms with Gasteiger partial charge in [-0.15, -0.1) is 0 Å². The van der Waals surface area contributed by atoms with Gasteiger partial charge in [-0.1, -0.05) is 11.8 Å². The average molecular weight is 279 g/mol. The molecular weight excluding hydrogens is 270 g/mol. The minimum Gasteiger partial charge on any atom is -0.502 e. The summed E-state index contributed by atoms with van der Waals surface area (Å²) in [5.41, 5.74) is -0.449. The van der Waals surface area contributed by atoms with Gasteiger partial charge in [-0.2, -0.15) is 0 Å². The first-order valence-corrected chi connectivity index (χ1v) is 6.18. The van der Waals surface area contributed by atoms with Gasteiger partial charge in [0.15, 0.2) is 5.75 Å². The van der Waals surface area contributed by atoms with Crippen molar-refractivity contribution in [1.29, 1.82) is 0 Å². The van der Waals surface area contributed by atoms with E-state index in [0.717, 1.165) is 24.1 Å². The molecule has 98 valence electrons. The fraction of sp³-hybridized carbons (Fsp3) is 0.0833. The zero-order valence-electron chi connectivity index (χ0n) is 9.57. The number of aromatic hydroxyl groups is 1. The topological polar surface area (TPSA) is 101 Å². The number of thioether (sulfide) groups is 1. The van der Waals surface area contributed by atoms with Crippen LogP contribution in [0.1, 0.15) is 16.1 Å². The Balaban J connectivity index is 2.16. The van der Waals surface area contributed by atoms with E-state index in [1.54, 1.807) is 0 Å². The van der Waals surface area contributed by atoms with Crippen molar-refractivity contribution >= 4 is 17.7 Å². The Bertz CT molecular complexity index is 667. The highest BCUT2D eigenvalue weighted by molar-refractivity contribution is 7.98. The second kappa shape index (κ2) is 5.57. The zero-order valence-corrected chi connectivity index (χ0v) is 10.4. The quantitative estimate of drug-likeness (QED) is 0.822. The maximum absolute atomic E-state index is 11.2. The molecule has 0 saturated heterocycles. The van der Waals surface area contributed by atoms with E-state index in [1.165, 1.54) is 18.3 Å². The first kappa shape index (κ1) is 13.2. The van der Waals surface area contributed by atoms with E-state index in [-0.39, 0.29) is 11.3 Å². The number of carbonyl (C=O) groups is 1. The third-order valence-corrected chi connectivity index (χ3v) is 3.25. The van der Waals surface area contributed by atoms with Crippen LogP contribution in [0, 0.1) is 0 Å². The smallest absolute Gasteiger partial charge is 0.338 e. The summed E-state index contributed by atoms with van der Waals surface area (Å²) in [6.07, 6.45) is 2.44. The van der Waals surface area contributed by atoms with Crippen LogP contribution in [-0.4, -0.2) is 21.2 Å². The second-order valence-corrected chi connectivity index (χ2v) is 4.51. The zero-order chi connectivity index (χ0) is 13.8. The molecule has 2 rings (SSSR count). The molecule has 2 aromatic heterocycles. The molecule has 0 aliphatic carbocycles. The Kier molecular flexibility index (Phi) is 3.86. The summed E-state index contributed by atoms with van der Waals surface area (Å²) in [5, 5.41) is 18.4. The lowest BCUT2D eigenvalue weighted by molar-refractivity contribution is 0.0692. The molecule has 0 amide bonds. The van der Waals surface area contributed by atoms with Crippen molar-refractivity contribution in [3.05, 3.63) is 52.2 Å². The molecule has 0 fully saturated rings. The number of carboxylic acids is 1. The van der Waals surface area contributed by atoms with Crippen LogP contribution in [-0.2, 0) is 5.75 Å². The van der Waals surface area contributed by atoms with E-state index < -0.39 is 17.1 Å². The number of rotatable bonds is 4.